The van der Waals surface area contributed by atoms with Gasteiger partial charge in [-0.05, 0) is 57.3 Å². The van der Waals surface area contributed by atoms with E-state index in [1.807, 2.05) is 13.8 Å². The molecule has 2 aliphatic carbocycles. The Labute approximate surface area is 99.2 Å². The number of amides is 1. The van der Waals surface area contributed by atoms with Crippen LogP contribution in [0.15, 0.2) is 0 Å². The number of fused-ring (bicyclic) bond motifs is 2. The van der Waals surface area contributed by atoms with E-state index in [2.05, 4.69) is 19.2 Å². The van der Waals surface area contributed by atoms with Crippen LogP contribution in [0.4, 0.5) is 0 Å². The van der Waals surface area contributed by atoms with Gasteiger partial charge in [-0.25, -0.2) is 0 Å². The second kappa shape index (κ2) is 3.75. The van der Waals surface area contributed by atoms with E-state index in [-0.39, 0.29) is 11.5 Å². The van der Waals surface area contributed by atoms with Crippen LogP contribution in [-0.4, -0.2) is 11.9 Å². The third-order valence-corrected chi connectivity index (χ3v) is 5.02. The minimum Gasteiger partial charge on any atom is -0.353 e. The van der Waals surface area contributed by atoms with E-state index in [9.17, 15) is 4.79 Å². The molecular formula is C14H25NO. The number of carbonyl (C=O) groups excluding carboxylic acids is 1. The minimum atomic E-state index is -0.00542. The van der Waals surface area contributed by atoms with Gasteiger partial charge in [-0.15, -0.1) is 0 Å². The van der Waals surface area contributed by atoms with E-state index in [1.165, 1.54) is 12.8 Å². The Morgan fingerprint density at radius 2 is 1.62 bits per heavy atom. The number of hydrogen-bond acceptors (Lipinski definition) is 1. The number of carbonyl (C=O) groups is 1. The summed E-state index contributed by atoms with van der Waals surface area (Å²) in [5, 5.41) is 3.12. The minimum absolute atomic E-state index is 0.00542. The molecule has 2 heteroatoms. The zero-order chi connectivity index (χ0) is 12.0. The Hall–Kier alpha value is -0.530. The molecule has 1 amide bonds. The molecule has 2 nitrogen and oxygen atoms in total. The highest BCUT2D eigenvalue weighted by Crippen LogP contribution is 2.64. The molecule has 0 aromatic carbocycles. The van der Waals surface area contributed by atoms with Gasteiger partial charge in [-0.3, -0.25) is 4.79 Å². The Kier molecular flexibility index (Phi) is 2.80. The lowest BCUT2D eigenvalue weighted by Crippen LogP contribution is -2.41. The summed E-state index contributed by atoms with van der Waals surface area (Å²) in [7, 11) is 0. The lowest BCUT2D eigenvalue weighted by Gasteiger charge is -2.31. The molecule has 2 bridgehead atoms. The van der Waals surface area contributed by atoms with Crippen LogP contribution in [0.2, 0.25) is 0 Å². The smallest absolute Gasteiger partial charge is 0.226 e. The Bertz CT molecular complexity index is 285. The summed E-state index contributed by atoms with van der Waals surface area (Å²) in [5.74, 6) is 1.05. The molecule has 0 heterocycles. The molecule has 0 saturated heterocycles. The largest absolute Gasteiger partial charge is 0.353 e. The molecule has 92 valence electrons. The summed E-state index contributed by atoms with van der Waals surface area (Å²) in [6, 6.07) is 0.275. The van der Waals surface area contributed by atoms with E-state index in [0.29, 0.717) is 11.3 Å². The van der Waals surface area contributed by atoms with Gasteiger partial charge in [-0.1, -0.05) is 13.8 Å². The molecule has 2 aliphatic rings. The standard InChI is InChI=1S/C14H25NO/c1-10(2)13-5-7-14(9-13,8-6-13)12(16)15-11(3)4/h10-11H,5-9H2,1-4H3,(H,15,16). The third-order valence-electron chi connectivity index (χ3n) is 5.02. The highest BCUT2D eigenvalue weighted by Gasteiger charge is 2.58. The first-order valence-electron chi connectivity index (χ1n) is 6.71. The quantitative estimate of drug-likeness (QED) is 0.782. The number of hydrogen-bond donors (Lipinski definition) is 1. The van der Waals surface area contributed by atoms with Crippen LogP contribution >= 0.6 is 0 Å². The lowest BCUT2D eigenvalue weighted by atomic mass is 9.75. The SMILES string of the molecule is CC(C)NC(=O)C12CCC(C(C)C)(CC1)C2. The highest BCUT2D eigenvalue weighted by molar-refractivity contribution is 5.83. The van der Waals surface area contributed by atoms with Gasteiger partial charge >= 0.3 is 0 Å². The van der Waals surface area contributed by atoms with Crippen molar-refractivity contribution in [1.82, 2.24) is 5.32 Å². The average molecular weight is 223 g/mol. The molecular weight excluding hydrogens is 198 g/mol. The fourth-order valence-corrected chi connectivity index (χ4v) is 3.76. The Balaban J connectivity index is 2.11. The van der Waals surface area contributed by atoms with Gasteiger partial charge < -0.3 is 5.32 Å². The van der Waals surface area contributed by atoms with Crippen molar-refractivity contribution >= 4 is 5.91 Å². The van der Waals surface area contributed by atoms with Gasteiger partial charge in [0.1, 0.15) is 0 Å². The summed E-state index contributed by atoms with van der Waals surface area (Å²) >= 11 is 0. The highest BCUT2D eigenvalue weighted by atomic mass is 16.2. The molecule has 16 heavy (non-hydrogen) atoms. The van der Waals surface area contributed by atoms with Gasteiger partial charge in [0, 0.05) is 11.5 Å². The maximum atomic E-state index is 12.3. The van der Waals surface area contributed by atoms with E-state index < -0.39 is 0 Å². The van der Waals surface area contributed by atoms with Gasteiger partial charge in [0.15, 0.2) is 0 Å². The zero-order valence-electron chi connectivity index (χ0n) is 11.1. The Morgan fingerprint density at radius 3 is 2.00 bits per heavy atom. The van der Waals surface area contributed by atoms with Crippen molar-refractivity contribution in [2.75, 3.05) is 0 Å². The molecule has 1 N–H and O–H groups in total. The van der Waals surface area contributed by atoms with E-state index in [1.54, 1.807) is 0 Å². The maximum absolute atomic E-state index is 12.3. The molecule has 2 rings (SSSR count). The summed E-state index contributed by atoms with van der Waals surface area (Å²) in [6.45, 7) is 8.74. The van der Waals surface area contributed by atoms with E-state index >= 15 is 0 Å². The van der Waals surface area contributed by atoms with Crippen LogP contribution in [0.3, 0.4) is 0 Å². The van der Waals surface area contributed by atoms with Crippen LogP contribution in [-0.2, 0) is 4.79 Å². The van der Waals surface area contributed by atoms with Crippen molar-refractivity contribution in [3.05, 3.63) is 0 Å². The Morgan fingerprint density at radius 1 is 1.06 bits per heavy atom. The van der Waals surface area contributed by atoms with E-state index in [4.69, 9.17) is 0 Å². The normalized spacial score (nSPS) is 37.4. The molecule has 0 aliphatic heterocycles. The second-order valence-corrected chi connectivity index (χ2v) is 6.60. The van der Waals surface area contributed by atoms with Crippen LogP contribution in [0, 0.1) is 16.7 Å². The first-order chi connectivity index (χ1) is 7.40. The average Bonchev–Trinajstić information content (AvgIpc) is 2.74. The zero-order valence-corrected chi connectivity index (χ0v) is 11.1. The number of rotatable bonds is 3. The van der Waals surface area contributed by atoms with Crippen LogP contribution in [0.1, 0.15) is 59.8 Å². The molecule has 0 atom stereocenters. The lowest BCUT2D eigenvalue weighted by molar-refractivity contribution is -0.131. The van der Waals surface area contributed by atoms with Crippen LogP contribution in [0.25, 0.3) is 0 Å². The molecule has 0 aromatic heterocycles. The summed E-state index contributed by atoms with van der Waals surface area (Å²) in [6.07, 6.45) is 5.88. The molecule has 0 unspecified atom stereocenters. The third kappa shape index (κ3) is 1.66. The summed E-state index contributed by atoms with van der Waals surface area (Å²) < 4.78 is 0. The predicted molar refractivity (Wildman–Crippen MR) is 66.1 cm³/mol. The molecule has 0 spiro atoms. The first-order valence-corrected chi connectivity index (χ1v) is 6.71. The van der Waals surface area contributed by atoms with Crippen molar-refractivity contribution in [1.29, 1.82) is 0 Å². The van der Waals surface area contributed by atoms with Gasteiger partial charge in [0.25, 0.3) is 0 Å². The van der Waals surface area contributed by atoms with Gasteiger partial charge in [-0.2, -0.15) is 0 Å². The van der Waals surface area contributed by atoms with Crippen molar-refractivity contribution in [3.63, 3.8) is 0 Å². The molecule has 2 saturated carbocycles. The van der Waals surface area contributed by atoms with Crippen LogP contribution in [0.5, 0.6) is 0 Å². The van der Waals surface area contributed by atoms with Gasteiger partial charge in [0.05, 0.1) is 0 Å². The van der Waals surface area contributed by atoms with E-state index in [0.717, 1.165) is 25.2 Å². The topological polar surface area (TPSA) is 29.1 Å². The monoisotopic (exact) mass is 223 g/mol. The maximum Gasteiger partial charge on any atom is 0.226 e. The predicted octanol–water partition coefficient (Wildman–Crippen LogP) is 3.12. The second-order valence-electron chi connectivity index (χ2n) is 6.60. The first kappa shape index (κ1) is 11.9. The van der Waals surface area contributed by atoms with Gasteiger partial charge in [0.2, 0.25) is 5.91 Å². The fourth-order valence-electron chi connectivity index (χ4n) is 3.76. The number of nitrogens with one attached hydrogen (secondary N) is 1. The molecule has 2 fully saturated rings. The van der Waals surface area contributed by atoms with Crippen LogP contribution < -0.4 is 5.32 Å². The van der Waals surface area contributed by atoms with Crippen molar-refractivity contribution in [3.8, 4) is 0 Å². The van der Waals surface area contributed by atoms with Crippen molar-refractivity contribution in [2.45, 2.75) is 65.8 Å². The molecule has 0 aromatic rings. The summed E-state index contributed by atoms with van der Waals surface area (Å²) in [4.78, 5) is 12.3. The van der Waals surface area contributed by atoms with Crippen molar-refractivity contribution < 1.29 is 4.79 Å². The molecule has 0 radical (unpaired) electrons. The van der Waals surface area contributed by atoms with Crippen molar-refractivity contribution in [2.24, 2.45) is 16.7 Å². The fraction of sp³-hybridized carbons (Fsp3) is 0.929. The summed E-state index contributed by atoms with van der Waals surface area (Å²) in [5.41, 5.74) is 0.475.